The van der Waals surface area contributed by atoms with E-state index in [0.29, 0.717) is 11.7 Å². The van der Waals surface area contributed by atoms with Crippen molar-refractivity contribution in [2.45, 2.75) is 25.3 Å². The number of aromatic nitrogens is 1. The molecule has 1 atom stereocenters. The predicted molar refractivity (Wildman–Crippen MR) is 66.4 cm³/mol. The first-order chi connectivity index (χ1) is 8.22. The molecule has 3 nitrogen and oxygen atoms in total. The lowest BCUT2D eigenvalue weighted by atomic mass is 10.1. The minimum Gasteiger partial charge on any atom is -0.330 e. The topological polar surface area (TPSA) is 42.1 Å². The lowest BCUT2D eigenvalue weighted by Gasteiger charge is -2.24. The molecule has 0 aliphatic carbocycles. The van der Waals surface area contributed by atoms with Gasteiger partial charge in [-0.15, -0.1) is 0 Å². The zero-order valence-corrected chi connectivity index (χ0v) is 10.5. The molecule has 94 valence electrons. The SMILES string of the molecule is NCCCN1CCC[C@@H]1c1cc(F)cnc1Cl. The molecule has 0 aromatic carbocycles. The van der Waals surface area contributed by atoms with E-state index in [-0.39, 0.29) is 11.9 Å². The van der Waals surface area contributed by atoms with Gasteiger partial charge in [0.15, 0.2) is 0 Å². The quantitative estimate of drug-likeness (QED) is 0.842. The molecule has 1 fully saturated rings. The highest BCUT2D eigenvalue weighted by atomic mass is 35.5. The Bertz CT molecular complexity index is 386. The van der Waals surface area contributed by atoms with E-state index in [9.17, 15) is 4.39 Å². The second-order valence-corrected chi connectivity index (χ2v) is 4.73. The van der Waals surface area contributed by atoms with Crippen molar-refractivity contribution < 1.29 is 4.39 Å². The summed E-state index contributed by atoms with van der Waals surface area (Å²) < 4.78 is 13.2. The number of rotatable bonds is 4. The fourth-order valence-electron chi connectivity index (χ4n) is 2.41. The van der Waals surface area contributed by atoms with Crippen LogP contribution in [-0.2, 0) is 0 Å². The van der Waals surface area contributed by atoms with Gasteiger partial charge in [-0.1, -0.05) is 11.6 Å². The van der Waals surface area contributed by atoms with Crippen molar-refractivity contribution in [1.29, 1.82) is 0 Å². The van der Waals surface area contributed by atoms with E-state index in [4.69, 9.17) is 17.3 Å². The summed E-state index contributed by atoms with van der Waals surface area (Å²) in [4.78, 5) is 6.19. The zero-order valence-electron chi connectivity index (χ0n) is 9.70. The van der Waals surface area contributed by atoms with E-state index in [1.165, 1.54) is 6.07 Å². The van der Waals surface area contributed by atoms with E-state index in [0.717, 1.165) is 44.1 Å². The normalized spacial score (nSPS) is 21.0. The summed E-state index contributed by atoms with van der Waals surface area (Å²) in [5.41, 5.74) is 6.33. The van der Waals surface area contributed by atoms with E-state index >= 15 is 0 Å². The Labute approximate surface area is 106 Å². The number of halogens is 2. The number of likely N-dealkylation sites (tertiary alicyclic amines) is 1. The smallest absolute Gasteiger partial charge is 0.141 e. The third kappa shape index (κ3) is 2.94. The van der Waals surface area contributed by atoms with Crippen molar-refractivity contribution in [2.24, 2.45) is 5.73 Å². The molecular weight excluding hydrogens is 241 g/mol. The highest BCUT2D eigenvalue weighted by Gasteiger charge is 2.27. The third-order valence-electron chi connectivity index (χ3n) is 3.20. The van der Waals surface area contributed by atoms with Crippen molar-refractivity contribution >= 4 is 11.6 Å². The molecule has 2 rings (SSSR count). The maximum absolute atomic E-state index is 13.2. The van der Waals surface area contributed by atoms with Crippen LogP contribution in [0.25, 0.3) is 0 Å². The fourth-order valence-corrected chi connectivity index (χ4v) is 2.64. The summed E-state index contributed by atoms with van der Waals surface area (Å²) in [6, 6.07) is 1.69. The number of nitrogens with two attached hydrogens (primary N) is 1. The molecule has 0 saturated carbocycles. The van der Waals surface area contributed by atoms with Gasteiger partial charge in [-0.3, -0.25) is 4.90 Å². The molecule has 0 unspecified atom stereocenters. The van der Waals surface area contributed by atoms with Crippen LogP contribution < -0.4 is 5.73 Å². The maximum Gasteiger partial charge on any atom is 0.141 e. The molecule has 2 heterocycles. The minimum absolute atomic E-state index is 0.192. The van der Waals surface area contributed by atoms with Gasteiger partial charge in [0.2, 0.25) is 0 Å². The standard InChI is InChI=1S/C12H17ClFN3/c13-12-10(7-9(14)8-16-12)11-3-1-5-17(11)6-2-4-15/h7-8,11H,1-6,15H2/t11-/m1/s1. The summed E-state index contributed by atoms with van der Waals surface area (Å²) in [6.45, 7) is 2.64. The van der Waals surface area contributed by atoms with Crippen LogP contribution in [0.5, 0.6) is 0 Å². The van der Waals surface area contributed by atoms with Gasteiger partial charge in [0.25, 0.3) is 0 Å². The molecular formula is C12H17ClFN3. The minimum atomic E-state index is -0.324. The van der Waals surface area contributed by atoms with Gasteiger partial charge in [0.1, 0.15) is 11.0 Å². The summed E-state index contributed by atoms with van der Waals surface area (Å²) in [6.07, 6.45) is 4.24. The van der Waals surface area contributed by atoms with Crippen molar-refractivity contribution in [2.75, 3.05) is 19.6 Å². The van der Waals surface area contributed by atoms with Crippen LogP contribution in [0.15, 0.2) is 12.3 Å². The highest BCUT2D eigenvalue weighted by Crippen LogP contribution is 2.35. The Kier molecular flexibility index (Phi) is 4.31. The van der Waals surface area contributed by atoms with Crippen LogP contribution in [0, 0.1) is 5.82 Å². The van der Waals surface area contributed by atoms with Crippen LogP contribution in [-0.4, -0.2) is 29.5 Å². The average Bonchev–Trinajstić information content (AvgIpc) is 2.77. The Morgan fingerprint density at radius 1 is 1.59 bits per heavy atom. The Balaban J connectivity index is 2.16. The van der Waals surface area contributed by atoms with E-state index < -0.39 is 0 Å². The van der Waals surface area contributed by atoms with E-state index in [1.807, 2.05) is 0 Å². The van der Waals surface area contributed by atoms with Gasteiger partial charge < -0.3 is 5.73 Å². The van der Waals surface area contributed by atoms with Gasteiger partial charge in [0, 0.05) is 11.6 Å². The van der Waals surface area contributed by atoms with Crippen LogP contribution in [0.3, 0.4) is 0 Å². The molecule has 0 radical (unpaired) electrons. The van der Waals surface area contributed by atoms with Gasteiger partial charge >= 0.3 is 0 Å². The number of pyridine rings is 1. The molecule has 1 aliphatic rings. The molecule has 0 amide bonds. The summed E-state index contributed by atoms with van der Waals surface area (Å²) in [5.74, 6) is -0.324. The lowest BCUT2D eigenvalue weighted by molar-refractivity contribution is 0.255. The van der Waals surface area contributed by atoms with Gasteiger partial charge in [0.05, 0.1) is 6.20 Å². The molecule has 17 heavy (non-hydrogen) atoms. The molecule has 1 saturated heterocycles. The molecule has 0 bridgehead atoms. The monoisotopic (exact) mass is 257 g/mol. The lowest BCUT2D eigenvalue weighted by Crippen LogP contribution is -2.26. The van der Waals surface area contributed by atoms with Gasteiger partial charge in [-0.25, -0.2) is 9.37 Å². The zero-order chi connectivity index (χ0) is 12.3. The van der Waals surface area contributed by atoms with Crippen molar-refractivity contribution in [3.63, 3.8) is 0 Å². The van der Waals surface area contributed by atoms with E-state index in [2.05, 4.69) is 9.88 Å². The third-order valence-corrected chi connectivity index (χ3v) is 3.52. The summed E-state index contributed by atoms with van der Waals surface area (Å²) >= 11 is 6.05. The first-order valence-corrected chi connectivity index (χ1v) is 6.35. The summed E-state index contributed by atoms with van der Waals surface area (Å²) in [5, 5.41) is 0.413. The Hall–Kier alpha value is -0.710. The molecule has 0 spiro atoms. The predicted octanol–water partition coefficient (Wildman–Crippen LogP) is 2.36. The average molecular weight is 258 g/mol. The maximum atomic E-state index is 13.2. The van der Waals surface area contributed by atoms with Crippen molar-refractivity contribution in [1.82, 2.24) is 9.88 Å². The van der Waals surface area contributed by atoms with Crippen LogP contribution in [0.4, 0.5) is 4.39 Å². The first-order valence-electron chi connectivity index (χ1n) is 5.97. The molecule has 1 aromatic rings. The van der Waals surface area contributed by atoms with Gasteiger partial charge in [-0.2, -0.15) is 0 Å². The fraction of sp³-hybridized carbons (Fsp3) is 0.583. The second-order valence-electron chi connectivity index (χ2n) is 4.37. The Morgan fingerprint density at radius 2 is 2.41 bits per heavy atom. The molecule has 1 aromatic heterocycles. The number of hydrogen-bond acceptors (Lipinski definition) is 3. The first kappa shape index (κ1) is 12.7. The molecule has 2 N–H and O–H groups in total. The van der Waals surface area contributed by atoms with Crippen molar-refractivity contribution in [3.8, 4) is 0 Å². The Morgan fingerprint density at radius 3 is 3.18 bits per heavy atom. The van der Waals surface area contributed by atoms with Crippen molar-refractivity contribution in [3.05, 3.63) is 28.8 Å². The van der Waals surface area contributed by atoms with E-state index in [1.54, 1.807) is 0 Å². The summed E-state index contributed by atoms with van der Waals surface area (Å²) in [7, 11) is 0. The molecule has 5 heteroatoms. The van der Waals surface area contributed by atoms with Crippen LogP contribution >= 0.6 is 11.6 Å². The largest absolute Gasteiger partial charge is 0.330 e. The number of nitrogens with zero attached hydrogens (tertiary/aromatic N) is 2. The highest BCUT2D eigenvalue weighted by molar-refractivity contribution is 6.30. The number of hydrogen-bond donors (Lipinski definition) is 1. The van der Waals surface area contributed by atoms with Gasteiger partial charge in [-0.05, 0) is 45.0 Å². The molecule has 1 aliphatic heterocycles. The van der Waals surface area contributed by atoms with Crippen LogP contribution in [0.1, 0.15) is 30.9 Å². The van der Waals surface area contributed by atoms with Crippen LogP contribution in [0.2, 0.25) is 5.15 Å². The second kappa shape index (κ2) is 5.76.